The molecule has 1 aliphatic heterocycles. The molecular weight excluding hydrogens is 243 g/mol. The Labute approximate surface area is 110 Å². The molecule has 0 saturated carbocycles. The van der Waals surface area contributed by atoms with Gasteiger partial charge in [0, 0.05) is 10.9 Å². The van der Waals surface area contributed by atoms with Gasteiger partial charge in [-0.1, -0.05) is 24.3 Å². The number of Topliss-reactive ketones (excluding diaryl/α,β-unsaturated/α-hetero) is 1. The second-order valence-electron chi connectivity index (χ2n) is 4.53. The first-order valence-corrected chi connectivity index (χ1v) is 6.32. The first kappa shape index (κ1) is 11.9. The van der Waals surface area contributed by atoms with Gasteiger partial charge >= 0.3 is 0 Å². The molecule has 0 spiro atoms. The fraction of sp³-hybridized carbons (Fsp3) is 0.188. The van der Waals surface area contributed by atoms with Crippen molar-refractivity contribution < 1.29 is 13.9 Å². The lowest BCUT2D eigenvalue weighted by Crippen LogP contribution is -2.12. The molecule has 0 saturated heterocycles. The number of ketones is 1. The first-order valence-electron chi connectivity index (χ1n) is 6.32. The number of benzene rings is 2. The number of ether oxygens (including phenoxy) is 1. The average Bonchev–Trinajstić information content (AvgIpc) is 2.48. The zero-order valence-corrected chi connectivity index (χ0v) is 10.4. The van der Waals surface area contributed by atoms with Crippen molar-refractivity contribution >= 4 is 16.6 Å². The Kier molecular flexibility index (Phi) is 3.03. The van der Waals surface area contributed by atoms with Crippen LogP contribution in [0.15, 0.2) is 48.2 Å². The summed E-state index contributed by atoms with van der Waals surface area (Å²) in [6.07, 6.45) is 3.59. The van der Waals surface area contributed by atoms with E-state index in [0.717, 1.165) is 12.8 Å². The smallest absolute Gasteiger partial charge is 0.227 e. The molecule has 1 heterocycles. The summed E-state index contributed by atoms with van der Waals surface area (Å²) in [6.45, 7) is 0.566. The van der Waals surface area contributed by atoms with E-state index < -0.39 is 0 Å². The Morgan fingerprint density at radius 1 is 1.11 bits per heavy atom. The minimum atomic E-state index is -0.314. The minimum absolute atomic E-state index is 0.170. The van der Waals surface area contributed by atoms with Crippen LogP contribution in [-0.4, -0.2) is 12.4 Å². The molecule has 3 heteroatoms. The summed E-state index contributed by atoms with van der Waals surface area (Å²) < 4.78 is 19.1. The van der Waals surface area contributed by atoms with E-state index in [9.17, 15) is 9.18 Å². The Morgan fingerprint density at radius 2 is 1.89 bits per heavy atom. The van der Waals surface area contributed by atoms with Gasteiger partial charge in [0.05, 0.1) is 6.61 Å². The maximum Gasteiger partial charge on any atom is 0.227 e. The topological polar surface area (TPSA) is 26.3 Å². The van der Waals surface area contributed by atoms with E-state index in [1.54, 1.807) is 24.3 Å². The molecule has 96 valence electrons. The molecule has 0 aliphatic carbocycles. The van der Waals surface area contributed by atoms with Gasteiger partial charge in [-0.3, -0.25) is 4.79 Å². The van der Waals surface area contributed by atoms with Crippen LogP contribution >= 0.6 is 0 Å². The highest BCUT2D eigenvalue weighted by atomic mass is 19.1. The second-order valence-corrected chi connectivity index (χ2v) is 4.53. The molecule has 0 unspecified atom stereocenters. The highest BCUT2D eigenvalue weighted by Crippen LogP contribution is 2.25. The summed E-state index contributed by atoms with van der Waals surface area (Å²) in [4.78, 5) is 12.4. The molecule has 0 fully saturated rings. The quantitative estimate of drug-likeness (QED) is 0.763. The number of fused-ring (bicyclic) bond motifs is 1. The fourth-order valence-electron chi connectivity index (χ4n) is 2.31. The number of carbonyl (C=O) groups is 1. The number of halogens is 1. The molecular formula is C16H13FO2. The SMILES string of the molecule is O=C(C1=CCCCO1)c1ccc(F)c2ccccc12. The van der Waals surface area contributed by atoms with Crippen LogP contribution in [0.1, 0.15) is 23.2 Å². The summed E-state index contributed by atoms with van der Waals surface area (Å²) >= 11 is 0. The Hall–Kier alpha value is -2.16. The van der Waals surface area contributed by atoms with E-state index in [-0.39, 0.29) is 11.6 Å². The van der Waals surface area contributed by atoms with Crippen LogP contribution in [0, 0.1) is 5.82 Å². The Morgan fingerprint density at radius 3 is 2.63 bits per heavy atom. The van der Waals surface area contributed by atoms with Crippen molar-refractivity contribution in [3.05, 3.63) is 59.6 Å². The molecule has 0 atom stereocenters. The summed E-state index contributed by atoms with van der Waals surface area (Å²) in [5.41, 5.74) is 0.491. The molecule has 0 N–H and O–H groups in total. The van der Waals surface area contributed by atoms with Crippen molar-refractivity contribution in [1.82, 2.24) is 0 Å². The van der Waals surface area contributed by atoms with Gasteiger partial charge in [0.1, 0.15) is 5.82 Å². The minimum Gasteiger partial charge on any atom is -0.490 e. The molecule has 2 aromatic rings. The average molecular weight is 256 g/mol. The van der Waals surface area contributed by atoms with Crippen LogP contribution in [0.2, 0.25) is 0 Å². The number of hydrogen-bond acceptors (Lipinski definition) is 2. The summed E-state index contributed by atoms with van der Waals surface area (Å²) in [6, 6.07) is 9.86. The van der Waals surface area contributed by atoms with E-state index in [0.29, 0.717) is 28.7 Å². The van der Waals surface area contributed by atoms with Gasteiger partial charge in [0.2, 0.25) is 5.78 Å². The van der Waals surface area contributed by atoms with Crippen LogP contribution in [0.4, 0.5) is 4.39 Å². The van der Waals surface area contributed by atoms with E-state index in [2.05, 4.69) is 0 Å². The zero-order chi connectivity index (χ0) is 13.2. The number of carbonyl (C=O) groups excluding carboxylic acids is 1. The van der Waals surface area contributed by atoms with Crippen molar-refractivity contribution in [3.8, 4) is 0 Å². The molecule has 0 bridgehead atoms. The van der Waals surface area contributed by atoms with Crippen molar-refractivity contribution in [2.24, 2.45) is 0 Å². The third-order valence-corrected chi connectivity index (χ3v) is 3.28. The summed E-state index contributed by atoms with van der Waals surface area (Å²) in [7, 11) is 0. The lowest BCUT2D eigenvalue weighted by atomic mass is 9.99. The molecule has 0 amide bonds. The standard InChI is InChI=1S/C16H13FO2/c17-14-9-8-13(11-5-1-2-6-12(11)14)16(18)15-7-3-4-10-19-15/h1-2,5-9H,3-4,10H2. The molecule has 0 radical (unpaired) electrons. The van der Waals surface area contributed by atoms with Crippen molar-refractivity contribution in [1.29, 1.82) is 0 Å². The maximum atomic E-state index is 13.7. The monoisotopic (exact) mass is 256 g/mol. The van der Waals surface area contributed by atoms with Crippen molar-refractivity contribution in [2.45, 2.75) is 12.8 Å². The lowest BCUT2D eigenvalue weighted by Gasteiger charge is -2.14. The predicted molar refractivity (Wildman–Crippen MR) is 71.5 cm³/mol. The molecule has 19 heavy (non-hydrogen) atoms. The summed E-state index contributed by atoms with van der Waals surface area (Å²) in [5.74, 6) is -0.107. The largest absolute Gasteiger partial charge is 0.490 e. The van der Waals surface area contributed by atoms with Crippen molar-refractivity contribution in [2.75, 3.05) is 6.61 Å². The Balaban J connectivity index is 2.13. The van der Waals surface area contributed by atoms with E-state index in [4.69, 9.17) is 4.74 Å². The zero-order valence-electron chi connectivity index (χ0n) is 10.4. The molecule has 2 nitrogen and oxygen atoms in total. The van der Waals surface area contributed by atoms with Gasteiger partial charge in [0.25, 0.3) is 0 Å². The van der Waals surface area contributed by atoms with Gasteiger partial charge in [-0.2, -0.15) is 0 Å². The highest BCUT2D eigenvalue weighted by Gasteiger charge is 2.19. The molecule has 1 aliphatic rings. The third kappa shape index (κ3) is 2.12. The van der Waals surface area contributed by atoms with Gasteiger partial charge in [0.15, 0.2) is 5.76 Å². The molecule has 0 aromatic heterocycles. The lowest BCUT2D eigenvalue weighted by molar-refractivity contribution is 0.0900. The molecule has 3 rings (SSSR count). The number of hydrogen-bond donors (Lipinski definition) is 0. The Bertz CT molecular complexity index is 674. The van der Waals surface area contributed by atoms with Crippen molar-refractivity contribution in [3.63, 3.8) is 0 Å². The fourth-order valence-corrected chi connectivity index (χ4v) is 2.31. The van der Waals surface area contributed by atoms with Crippen LogP contribution in [-0.2, 0) is 4.74 Å². The second kappa shape index (κ2) is 4.84. The van der Waals surface area contributed by atoms with Crippen LogP contribution < -0.4 is 0 Å². The van der Waals surface area contributed by atoms with Gasteiger partial charge in [-0.15, -0.1) is 0 Å². The first-order chi connectivity index (χ1) is 9.27. The van der Waals surface area contributed by atoms with Gasteiger partial charge < -0.3 is 4.74 Å². The van der Waals surface area contributed by atoms with E-state index in [1.165, 1.54) is 12.1 Å². The molecule has 2 aromatic carbocycles. The number of allylic oxidation sites excluding steroid dienone is 2. The van der Waals surface area contributed by atoms with Gasteiger partial charge in [-0.05, 0) is 36.4 Å². The van der Waals surface area contributed by atoms with E-state index in [1.807, 2.05) is 6.08 Å². The highest BCUT2D eigenvalue weighted by molar-refractivity contribution is 6.15. The normalized spacial score (nSPS) is 14.9. The predicted octanol–water partition coefficient (Wildman–Crippen LogP) is 3.86. The maximum absolute atomic E-state index is 13.7. The van der Waals surface area contributed by atoms with E-state index >= 15 is 0 Å². The third-order valence-electron chi connectivity index (χ3n) is 3.28. The van der Waals surface area contributed by atoms with Gasteiger partial charge in [-0.25, -0.2) is 4.39 Å². The van der Waals surface area contributed by atoms with Crippen LogP contribution in [0.3, 0.4) is 0 Å². The number of rotatable bonds is 2. The van der Waals surface area contributed by atoms with Crippen LogP contribution in [0.25, 0.3) is 10.8 Å². The summed E-state index contributed by atoms with van der Waals surface area (Å²) in [5, 5.41) is 1.09. The van der Waals surface area contributed by atoms with Crippen LogP contribution in [0.5, 0.6) is 0 Å².